The minimum Gasteiger partial charge on any atom is -0.493 e. The number of pyridine rings is 1. The predicted molar refractivity (Wildman–Crippen MR) is 143 cm³/mol. The third-order valence-corrected chi connectivity index (χ3v) is 8.10. The van der Waals surface area contributed by atoms with Crippen LogP contribution in [0, 0.1) is 25.2 Å². The van der Waals surface area contributed by atoms with Crippen molar-refractivity contribution in [3.8, 4) is 17.6 Å². The van der Waals surface area contributed by atoms with E-state index in [0.717, 1.165) is 82.3 Å². The van der Waals surface area contributed by atoms with E-state index >= 15 is 0 Å². The summed E-state index contributed by atoms with van der Waals surface area (Å²) in [7, 11) is 3.31. The Balaban J connectivity index is 1.70. The summed E-state index contributed by atoms with van der Waals surface area (Å²) in [4.78, 5) is 19.8. The SMILES string of the molecule is COc1ccc2c(c1OC)CCC2n1c(C=CC(=O)N2CCSCC2)c(C#N)c2c(C)cc(C)nc21. The number of rotatable bonds is 5. The minimum absolute atomic E-state index is 0.0184. The van der Waals surface area contributed by atoms with Crippen molar-refractivity contribution in [2.24, 2.45) is 0 Å². The number of aryl methyl sites for hydroxylation is 2. The zero-order valence-electron chi connectivity index (χ0n) is 21.1. The summed E-state index contributed by atoms with van der Waals surface area (Å²) in [5.74, 6) is 3.35. The number of benzene rings is 1. The van der Waals surface area contributed by atoms with Crippen LogP contribution in [0.3, 0.4) is 0 Å². The molecule has 1 aliphatic heterocycles. The lowest BCUT2D eigenvalue weighted by molar-refractivity contribution is -0.125. The van der Waals surface area contributed by atoms with Crippen molar-refractivity contribution in [2.45, 2.75) is 32.7 Å². The van der Waals surface area contributed by atoms with Gasteiger partial charge in [0.15, 0.2) is 11.5 Å². The Morgan fingerprint density at radius 2 is 2.00 bits per heavy atom. The van der Waals surface area contributed by atoms with Crippen molar-refractivity contribution in [2.75, 3.05) is 38.8 Å². The van der Waals surface area contributed by atoms with Crippen LogP contribution in [0.2, 0.25) is 0 Å². The second kappa shape index (κ2) is 9.90. The average molecular weight is 503 g/mol. The van der Waals surface area contributed by atoms with E-state index in [-0.39, 0.29) is 11.9 Å². The van der Waals surface area contributed by atoms with Crippen LogP contribution in [0.4, 0.5) is 0 Å². The molecule has 2 aromatic heterocycles. The van der Waals surface area contributed by atoms with Crippen LogP contribution >= 0.6 is 11.8 Å². The second-order valence-electron chi connectivity index (χ2n) is 9.22. The smallest absolute Gasteiger partial charge is 0.246 e. The molecule has 3 aromatic rings. The van der Waals surface area contributed by atoms with Crippen LogP contribution in [0.1, 0.15) is 46.1 Å². The predicted octanol–water partition coefficient (Wildman–Crippen LogP) is 4.67. The normalized spacial score (nSPS) is 17.4. The molecule has 7 nitrogen and oxygen atoms in total. The molecular formula is C28H30N4O3S. The molecule has 36 heavy (non-hydrogen) atoms. The molecule has 1 fully saturated rings. The van der Waals surface area contributed by atoms with Gasteiger partial charge in [0, 0.05) is 47.3 Å². The number of aromatic nitrogens is 2. The summed E-state index contributed by atoms with van der Waals surface area (Å²) in [6, 6.07) is 8.41. The molecule has 0 bridgehead atoms. The van der Waals surface area contributed by atoms with E-state index < -0.39 is 0 Å². The summed E-state index contributed by atoms with van der Waals surface area (Å²) in [5.41, 5.74) is 6.20. The maximum absolute atomic E-state index is 13.0. The van der Waals surface area contributed by atoms with Crippen LogP contribution in [0.15, 0.2) is 24.3 Å². The van der Waals surface area contributed by atoms with E-state index in [2.05, 4.69) is 16.7 Å². The van der Waals surface area contributed by atoms with Crippen LogP contribution in [-0.2, 0) is 11.2 Å². The number of hydrogen-bond donors (Lipinski definition) is 0. The molecule has 186 valence electrons. The van der Waals surface area contributed by atoms with Gasteiger partial charge < -0.3 is 18.9 Å². The molecular weight excluding hydrogens is 472 g/mol. The number of fused-ring (bicyclic) bond motifs is 2. The van der Waals surface area contributed by atoms with Crippen molar-refractivity contribution in [3.05, 3.63) is 57.9 Å². The summed E-state index contributed by atoms with van der Waals surface area (Å²) >= 11 is 1.87. The highest BCUT2D eigenvalue weighted by molar-refractivity contribution is 7.99. The highest BCUT2D eigenvalue weighted by atomic mass is 32.2. The van der Waals surface area contributed by atoms with Gasteiger partial charge in [-0.1, -0.05) is 6.07 Å². The highest BCUT2D eigenvalue weighted by Crippen LogP contribution is 2.46. The molecule has 0 spiro atoms. The average Bonchev–Trinajstić information content (AvgIpc) is 3.45. The van der Waals surface area contributed by atoms with Crippen LogP contribution in [-0.4, -0.2) is 59.2 Å². The number of nitrogens with zero attached hydrogens (tertiary/aromatic N) is 4. The monoisotopic (exact) mass is 502 g/mol. The molecule has 5 rings (SSSR count). The maximum atomic E-state index is 13.0. The largest absolute Gasteiger partial charge is 0.493 e. The summed E-state index contributed by atoms with van der Waals surface area (Å²) in [6.45, 7) is 5.49. The third kappa shape index (κ3) is 4.01. The van der Waals surface area contributed by atoms with Gasteiger partial charge in [-0.05, 0) is 56.0 Å². The van der Waals surface area contributed by atoms with Crippen LogP contribution in [0.25, 0.3) is 17.1 Å². The first-order valence-corrected chi connectivity index (χ1v) is 13.3. The van der Waals surface area contributed by atoms with Crippen molar-refractivity contribution in [3.63, 3.8) is 0 Å². The molecule has 1 unspecified atom stereocenters. The Morgan fingerprint density at radius 1 is 1.22 bits per heavy atom. The van der Waals surface area contributed by atoms with E-state index in [1.54, 1.807) is 20.3 Å². The Hall–Kier alpha value is -3.44. The lowest BCUT2D eigenvalue weighted by atomic mass is 10.1. The summed E-state index contributed by atoms with van der Waals surface area (Å²) < 4.78 is 13.4. The third-order valence-electron chi connectivity index (χ3n) is 7.16. The Bertz CT molecular complexity index is 1410. The number of ether oxygens (including phenoxy) is 2. The van der Waals surface area contributed by atoms with Gasteiger partial charge in [-0.25, -0.2) is 4.98 Å². The first-order valence-electron chi connectivity index (χ1n) is 12.2. The number of amides is 1. The van der Waals surface area contributed by atoms with E-state index in [1.807, 2.05) is 48.7 Å². The Morgan fingerprint density at radius 3 is 2.69 bits per heavy atom. The Kier molecular flexibility index (Phi) is 6.67. The molecule has 1 aromatic carbocycles. The number of hydrogen-bond acceptors (Lipinski definition) is 6. The first-order chi connectivity index (χ1) is 17.5. The van der Waals surface area contributed by atoms with Crippen LogP contribution in [0.5, 0.6) is 11.5 Å². The van der Waals surface area contributed by atoms with Crippen LogP contribution < -0.4 is 9.47 Å². The number of carbonyl (C=O) groups excluding carboxylic acids is 1. The molecule has 3 heterocycles. The summed E-state index contributed by atoms with van der Waals surface area (Å²) in [5, 5.41) is 11.1. The molecule has 2 aliphatic rings. The number of thioether (sulfide) groups is 1. The topological polar surface area (TPSA) is 80.4 Å². The number of methoxy groups -OCH3 is 2. The lowest BCUT2D eigenvalue weighted by Crippen LogP contribution is -2.36. The maximum Gasteiger partial charge on any atom is 0.246 e. The minimum atomic E-state index is -0.0424. The second-order valence-corrected chi connectivity index (χ2v) is 10.4. The molecule has 1 amide bonds. The van der Waals surface area contributed by atoms with E-state index in [0.29, 0.717) is 11.3 Å². The lowest BCUT2D eigenvalue weighted by Gasteiger charge is -2.25. The van der Waals surface area contributed by atoms with E-state index in [9.17, 15) is 10.1 Å². The van der Waals surface area contributed by atoms with E-state index in [4.69, 9.17) is 14.5 Å². The number of nitriles is 1. The first kappa shape index (κ1) is 24.3. The number of carbonyl (C=O) groups is 1. The molecule has 0 radical (unpaired) electrons. The summed E-state index contributed by atoms with van der Waals surface area (Å²) in [6.07, 6.45) is 5.09. The fourth-order valence-corrected chi connectivity index (χ4v) is 6.48. The van der Waals surface area contributed by atoms with Gasteiger partial charge in [0.2, 0.25) is 5.91 Å². The quantitative estimate of drug-likeness (QED) is 0.472. The molecule has 1 saturated heterocycles. The van der Waals surface area contributed by atoms with Crippen molar-refractivity contribution >= 4 is 34.8 Å². The highest BCUT2D eigenvalue weighted by Gasteiger charge is 2.32. The van der Waals surface area contributed by atoms with Crippen molar-refractivity contribution in [1.29, 1.82) is 5.26 Å². The van der Waals surface area contributed by atoms with Gasteiger partial charge in [-0.15, -0.1) is 0 Å². The zero-order valence-corrected chi connectivity index (χ0v) is 21.9. The van der Waals surface area contributed by atoms with Crippen molar-refractivity contribution in [1.82, 2.24) is 14.5 Å². The van der Waals surface area contributed by atoms with Gasteiger partial charge in [0.25, 0.3) is 0 Å². The van der Waals surface area contributed by atoms with Gasteiger partial charge in [-0.2, -0.15) is 17.0 Å². The fraction of sp³-hybridized carbons (Fsp3) is 0.393. The van der Waals surface area contributed by atoms with Gasteiger partial charge in [0.1, 0.15) is 11.7 Å². The van der Waals surface area contributed by atoms with Crippen molar-refractivity contribution < 1.29 is 14.3 Å². The molecule has 1 aliphatic carbocycles. The molecule has 1 atom stereocenters. The fourth-order valence-electron chi connectivity index (χ4n) is 5.58. The molecule has 0 N–H and O–H groups in total. The molecule has 0 saturated carbocycles. The van der Waals surface area contributed by atoms with Gasteiger partial charge in [0.05, 0.1) is 31.5 Å². The molecule has 8 heteroatoms. The zero-order chi connectivity index (χ0) is 25.4. The standard InChI is InChI=1S/C28H30N4O3S/c1-17-15-18(2)30-28-26(17)21(16-29)23(8-10-25(33)31-11-13-36-14-12-31)32(28)22-7-5-20-19(22)6-9-24(34-3)27(20)35-4/h6,8-10,15,22H,5,7,11-14H2,1-4H3. The van der Waals surface area contributed by atoms with Gasteiger partial charge in [-0.3, -0.25) is 4.79 Å². The van der Waals surface area contributed by atoms with Gasteiger partial charge >= 0.3 is 0 Å². The Labute approximate surface area is 215 Å². The van der Waals surface area contributed by atoms with E-state index in [1.165, 1.54) is 0 Å².